The molecule has 1 rings (SSSR count). The van der Waals surface area contributed by atoms with Crippen molar-refractivity contribution in [1.29, 1.82) is 0 Å². The van der Waals surface area contributed by atoms with Crippen molar-refractivity contribution in [2.75, 3.05) is 5.73 Å². The van der Waals surface area contributed by atoms with Crippen LogP contribution in [0.15, 0.2) is 18.5 Å². The van der Waals surface area contributed by atoms with Gasteiger partial charge in [0, 0.05) is 24.4 Å². The number of carbonyl (C=O) groups is 1. The van der Waals surface area contributed by atoms with Crippen LogP contribution >= 0.6 is 0 Å². The lowest BCUT2D eigenvalue weighted by atomic mass is 10.3. The molecule has 0 atom stereocenters. The second-order valence-electron chi connectivity index (χ2n) is 2.45. The highest BCUT2D eigenvalue weighted by Gasteiger charge is 1.90. The SMILES string of the molecule is NC(=O)CC=Cc1cnc(N)nc1. The highest BCUT2D eigenvalue weighted by Crippen LogP contribution is 2.00. The molecule has 0 aromatic carbocycles. The molecular weight excluding hydrogens is 168 g/mol. The Labute approximate surface area is 75.5 Å². The van der Waals surface area contributed by atoms with Crippen LogP contribution in [0.4, 0.5) is 5.95 Å². The summed E-state index contributed by atoms with van der Waals surface area (Å²) in [5.41, 5.74) is 11.0. The van der Waals surface area contributed by atoms with Crippen molar-refractivity contribution in [3.05, 3.63) is 24.0 Å². The molecule has 0 aliphatic rings. The fourth-order valence-corrected chi connectivity index (χ4v) is 0.745. The third-order valence-electron chi connectivity index (χ3n) is 1.32. The van der Waals surface area contributed by atoms with Crippen molar-refractivity contribution in [1.82, 2.24) is 9.97 Å². The summed E-state index contributed by atoms with van der Waals surface area (Å²) >= 11 is 0. The van der Waals surface area contributed by atoms with Crippen LogP contribution in [-0.4, -0.2) is 15.9 Å². The van der Waals surface area contributed by atoms with Gasteiger partial charge in [-0.25, -0.2) is 9.97 Å². The van der Waals surface area contributed by atoms with Gasteiger partial charge in [-0.3, -0.25) is 4.79 Å². The van der Waals surface area contributed by atoms with Gasteiger partial charge in [-0.05, 0) is 0 Å². The van der Waals surface area contributed by atoms with E-state index >= 15 is 0 Å². The summed E-state index contributed by atoms with van der Waals surface area (Å²) in [5, 5.41) is 0. The number of hydrogen-bond donors (Lipinski definition) is 2. The predicted octanol–water partition coefficient (Wildman–Crippen LogP) is -0.0526. The molecule has 0 spiro atoms. The third-order valence-corrected chi connectivity index (χ3v) is 1.32. The van der Waals surface area contributed by atoms with Gasteiger partial charge in [0.2, 0.25) is 11.9 Å². The molecule has 5 nitrogen and oxygen atoms in total. The second-order valence-corrected chi connectivity index (χ2v) is 2.45. The minimum absolute atomic E-state index is 0.213. The van der Waals surface area contributed by atoms with Crippen LogP contribution in [0.25, 0.3) is 6.08 Å². The van der Waals surface area contributed by atoms with Crippen LogP contribution in [0.5, 0.6) is 0 Å². The Morgan fingerprint density at radius 2 is 2.08 bits per heavy atom. The van der Waals surface area contributed by atoms with Crippen LogP contribution in [0.2, 0.25) is 0 Å². The first-order valence-corrected chi connectivity index (χ1v) is 3.71. The lowest BCUT2D eigenvalue weighted by Gasteiger charge is -1.92. The number of primary amides is 1. The molecule has 0 aliphatic carbocycles. The fraction of sp³-hybridized carbons (Fsp3) is 0.125. The molecule has 68 valence electrons. The Kier molecular flexibility index (Phi) is 2.97. The smallest absolute Gasteiger partial charge is 0.221 e. The lowest BCUT2D eigenvalue weighted by Crippen LogP contribution is -2.07. The van der Waals surface area contributed by atoms with Crippen LogP contribution in [0.3, 0.4) is 0 Å². The number of amides is 1. The average molecular weight is 178 g/mol. The normalized spacial score (nSPS) is 10.5. The highest BCUT2D eigenvalue weighted by molar-refractivity contribution is 5.76. The van der Waals surface area contributed by atoms with E-state index < -0.39 is 0 Å². The molecule has 1 aromatic heterocycles. The fourth-order valence-electron chi connectivity index (χ4n) is 0.745. The molecule has 0 saturated carbocycles. The lowest BCUT2D eigenvalue weighted by molar-refractivity contribution is -0.117. The summed E-state index contributed by atoms with van der Waals surface area (Å²) < 4.78 is 0. The van der Waals surface area contributed by atoms with Gasteiger partial charge in [0.05, 0.1) is 0 Å². The summed E-state index contributed by atoms with van der Waals surface area (Å²) in [6.07, 6.45) is 6.71. The molecule has 0 bridgehead atoms. The maximum Gasteiger partial charge on any atom is 0.221 e. The van der Waals surface area contributed by atoms with Crippen molar-refractivity contribution in [3.63, 3.8) is 0 Å². The van der Waals surface area contributed by atoms with E-state index in [2.05, 4.69) is 9.97 Å². The topological polar surface area (TPSA) is 94.9 Å². The van der Waals surface area contributed by atoms with E-state index in [0.29, 0.717) is 0 Å². The zero-order valence-corrected chi connectivity index (χ0v) is 6.97. The number of anilines is 1. The molecule has 0 aliphatic heterocycles. The molecule has 0 unspecified atom stereocenters. The van der Waals surface area contributed by atoms with E-state index in [-0.39, 0.29) is 18.3 Å². The van der Waals surface area contributed by atoms with E-state index in [1.165, 1.54) is 0 Å². The number of carbonyl (C=O) groups excluding carboxylic acids is 1. The first kappa shape index (κ1) is 9.18. The molecule has 4 N–H and O–H groups in total. The molecule has 1 aromatic rings. The summed E-state index contributed by atoms with van der Waals surface area (Å²) in [6, 6.07) is 0. The highest BCUT2D eigenvalue weighted by atomic mass is 16.1. The third kappa shape index (κ3) is 3.33. The van der Waals surface area contributed by atoms with Crippen molar-refractivity contribution >= 4 is 17.9 Å². The van der Waals surface area contributed by atoms with Crippen LogP contribution in [-0.2, 0) is 4.79 Å². The Balaban J connectivity index is 2.59. The van der Waals surface area contributed by atoms with Gasteiger partial charge >= 0.3 is 0 Å². The number of aromatic nitrogens is 2. The van der Waals surface area contributed by atoms with E-state index in [1.54, 1.807) is 24.5 Å². The quantitative estimate of drug-likeness (QED) is 0.678. The maximum atomic E-state index is 10.4. The number of nitrogens with two attached hydrogens (primary N) is 2. The zero-order valence-electron chi connectivity index (χ0n) is 6.97. The van der Waals surface area contributed by atoms with Gasteiger partial charge in [-0.15, -0.1) is 0 Å². The second kappa shape index (κ2) is 4.20. The van der Waals surface area contributed by atoms with E-state index in [9.17, 15) is 4.79 Å². The summed E-state index contributed by atoms with van der Waals surface area (Å²) in [6.45, 7) is 0. The van der Waals surface area contributed by atoms with Gasteiger partial charge < -0.3 is 11.5 Å². The largest absolute Gasteiger partial charge is 0.369 e. The van der Waals surface area contributed by atoms with E-state index in [1.807, 2.05) is 0 Å². The van der Waals surface area contributed by atoms with Crippen LogP contribution < -0.4 is 11.5 Å². The monoisotopic (exact) mass is 178 g/mol. The molecular formula is C8H10N4O. The summed E-state index contributed by atoms with van der Waals surface area (Å²) in [7, 11) is 0. The molecule has 0 radical (unpaired) electrons. The Morgan fingerprint density at radius 3 is 2.62 bits per heavy atom. The van der Waals surface area contributed by atoms with Gasteiger partial charge in [0.15, 0.2) is 0 Å². The van der Waals surface area contributed by atoms with Crippen LogP contribution in [0, 0.1) is 0 Å². The number of hydrogen-bond acceptors (Lipinski definition) is 4. The maximum absolute atomic E-state index is 10.4. The summed E-state index contributed by atoms with van der Waals surface area (Å²) in [4.78, 5) is 17.9. The van der Waals surface area contributed by atoms with E-state index in [4.69, 9.17) is 11.5 Å². The van der Waals surface area contributed by atoms with Gasteiger partial charge in [0.25, 0.3) is 0 Å². The van der Waals surface area contributed by atoms with Crippen molar-refractivity contribution in [3.8, 4) is 0 Å². The standard InChI is InChI=1S/C8H10N4O/c9-7(13)3-1-2-6-4-11-8(10)12-5-6/h1-2,4-5H,3H2,(H2,9,13)(H2,10,11,12). The molecule has 1 heterocycles. The molecule has 13 heavy (non-hydrogen) atoms. The average Bonchev–Trinajstić information content (AvgIpc) is 2.08. The van der Waals surface area contributed by atoms with Crippen molar-refractivity contribution in [2.24, 2.45) is 5.73 Å². The molecule has 0 fully saturated rings. The number of nitrogens with zero attached hydrogens (tertiary/aromatic N) is 2. The van der Waals surface area contributed by atoms with Gasteiger partial charge in [0.1, 0.15) is 0 Å². The minimum atomic E-state index is -0.368. The summed E-state index contributed by atoms with van der Waals surface area (Å²) in [5.74, 6) is -0.139. The number of nitrogen functional groups attached to an aromatic ring is 1. The zero-order chi connectivity index (χ0) is 9.68. The molecule has 5 heteroatoms. The van der Waals surface area contributed by atoms with Gasteiger partial charge in [-0.2, -0.15) is 0 Å². The van der Waals surface area contributed by atoms with Crippen molar-refractivity contribution < 1.29 is 4.79 Å². The predicted molar refractivity (Wildman–Crippen MR) is 49.3 cm³/mol. The Bertz CT molecular complexity index is 317. The Hall–Kier alpha value is -1.91. The molecule has 0 saturated heterocycles. The Morgan fingerprint density at radius 1 is 1.46 bits per heavy atom. The first-order chi connectivity index (χ1) is 6.18. The van der Waals surface area contributed by atoms with Gasteiger partial charge in [-0.1, -0.05) is 12.2 Å². The van der Waals surface area contributed by atoms with Crippen molar-refractivity contribution in [2.45, 2.75) is 6.42 Å². The molecule has 1 amide bonds. The van der Waals surface area contributed by atoms with Crippen LogP contribution in [0.1, 0.15) is 12.0 Å². The van der Waals surface area contributed by atoms with E-state index in [0.717, 1.165) is 5.56 Å². The minimum Gasteiger partial charge on any atom is -0.369 e. The first-order valence-electron chi connectivity index (χ1n) is 3.71. The number of rotatable bonds is 3.